The van der Waals surface area contributed by atoms with Crippen molar-refractivity contribution in [2.24, 2.45) is 0 Å². The fourth-order valence-corrected chi connectivity index (χ4v) is 2.46. The number of Topliss-reactive ketones (excluding diaryl/α,β-unsaturated/α-hetero) is 1. The monoisotopic (exact) mass is 285 g/mol. The third-order valence-electron chi connectivity index (χ3n) is 3.53. The predicted molar refractivity (Wildman–Crippen MR) is 83.8 cm³/mol. The number of benzene rings is 1. The van der Waals surface area contributed by atoms with Crippen LogP contribution in [0.2, 0.25) is 0 Å². The highest BCUT2D eigenvalue weighted by Crippen LogP contribution is 2.22. The molecule has 0 radical (unpaired) electrons. The first-order chi connectivity index (χ1) is 9.81. The lowest BCUT2D eigenvalue weighted by molar-refractivity contribution is 0.101. The second-order valence-electron chi connectivity index (χ2n) is 5.21. The molecule has 21 heavy (non-hydrogen) atoms. The molecule has 0 atom stereocenters. The zero-order chi connectivity index (χ0) is 15.7. The van der Waals surface area contributed by atoms with Crippen molar-refractivity contribution in [1.29, 1.82) is 0 Å². The minimum absolute atomic E-state index is 0.0552. The van der Waals surface area contributed by atoms with E-state index in [0.29, 0.717) is 33.9 Å². The highest BCUT2D eigenvalue weighted by atomic mass is 16.2. The van der Waals surface area contributed by atoms with Crippen molar-refractivity contribution >= 4 is 23.1 Å². The second-order valence-corrected chi connectivity index (χ2v) is 5.21. The minimum atomic E-state index is -0.281. The highest BCUT2D eigenvalue weighted by Gasteiger charge is 2.20. The molecule has 4 N–H and O–H groups in total. The number of carbonyl (C=O) groups is 2. The molecule has 1 aromatic carbocycles. The van der Waals surface area contributed by atoms with Crippen LogP contribution in [0.4, 0.5) is 11.4 Å². The molecule has 5 heteroatoms. The second kappa shape index (κ2) is 5.44. The van der Waals surface area contributed by atoms with E-state index in [0.717, 1.165) is 5.56 Å². The fourth-order valence-electron chi connectivity index (χ4n) is 2.46. The molecular weight excluding hydrogens is 266 g/mol. The summed E-state index contributed by atoms with van der Waals surface area (Å²) in [4.78, 5) is 27.0. The van der Waals surface area contributed by atoms with Crippen molar-refractivity contribution in [1.82, 2.24) is 4.98 Å². The number of anilines is 2. The number of rotatable bonds is 3. The first-order valence-corrected chi connectivity index (χ1v) is 6.68. The average molecular weight is 285 g/mol. The Morgan fingerprint density at radius 2 is 1.86 bits per heavy atom. The van der Waals surface area contributed by atoms with Gasteiger partial charge in [0, 0.05) is 22.6 Å². The van der Waals surface area contributed by atoms with Crippen LogP contribution in [0, 0.1) is 20.8 Å². The maximum Gasteiger partial charge on any atom is 0.272 e. The Morgan fingerprint density at radius 3 is 2.43 bits per heavy atom. The molecule has 2 aromatic rings. The molecule has 1 heterocycles. The lowest BCUT2D eigenvalue weighted by atomic mass is 10.1. The van der Waals surface area contributed by atoms with Crippen LogP contribution in [0.25, 0.3) is 0 Å². The number of ketones is 1. The maximum atomic E-state index is 12.4. The van der Waals surface area contributed by atoms with E-state index < -0.39 is 0 Å². The van der Waals surface area contributed by atoms with Crippen LogP contribution in [0.1, 0.15) is 44.6 Å². The van der Waals surface area contributed by atoms with Gasteiger partial charge >= 0.3 is 0 Å². The summed E-state index contributed by atoms with van der Waals surface area (Å²) >= 11 is 0. The fraction of sp³-hybridized carbons (Fsp3) is 0.250. The van der Waals surface area contributed by atoms with E-state index in [4.69, 9.17) is 5.73 Å². The first kappa shape index (κ1) is 14.8. The number of amides is 1. The van der Waals surface area contributed by atoms with Crippen LogP contribution >= 0.6 is 0 Å². The van der Waals surface area contributed by atoms with Gasteiger partial charge in [0.1, 0.15) is 5.69 Å². The van der Waals surface area contributed by atoms with Crippen LogP contribution in [-0.2, 0) is 0 Å². The van der Waals surface area contributed by atoms with Crippen molar-refractivity contribution < 1.29 is 9.59 Å². The summed E-state index contributed by atoms with van der Waals surface area (Å²) < 4.78 is 0. The molecule has 0 fully saturated rings. The third kappa shape index (κ3) is 2.81. The smallest absolute Gasteiger partial charge is 0.272 e. The minimum Gasteiger partial charge on any atom is -0.399 e. The van der Waals surface area contributed by atoms with Crippen LogP contribution < -0.4 is 11.1 Å². The average Bonchev–Trinajstić information content (AvgIpc) is 2.69. The van der Waals surface area contributed by atoms with E-state index in [1.54, 1.807) is 26.0 Å². The lowest BCUT2D eigenvalue weighted by Crippen LogP contribution is -2.15. The van der Waals surface area contributed by atoms with Gasteiger partial charge in [-0.25, -0.2) is 0 Å². The molecular formula is C16H19N3O2. The van der Waals surface area contributed by atoms with Crippen LogP contribution in [0.15, 0.2) is 18.2 Å². The number of nitrogens with two attached hydrogens (primary N) is 1. The Hall–Kier alpha value is -2.56. The zero-order valence-corrected chi connectivity index (χ0v) is 12.6. The van der Waals surface area contributed by atoms with Crippen molar-refractivity contribution in [2.75, 3.05) is 11.1 Å². The molecule has 2 rings (SSSR count). The Labute approximate surface area is 123 Å². The number of H-pyrrole nitrogens is 1. The Morgan fingerprint density at radius 1 is 1.19 bits per heavy atom. The molecule has 0 bridgehead atoms. The summed E-state index contributed by atoms with van der Waals surface area (Å²) in [5.41, 5.74) is 10.2. The van der Waals surface area contributed by atoms with E-state index in [-0.39, 0.29) is 11.7 Å². The topological polar surface area (TPSA) is 88.0 Å². The zero-order valence-electron chi connectivity index (χ0n) is 12.6. The van der Waals surface area contributed by atoms with Crippen LogP contribution in [-0.4, -0.2) is 16.7 Å². The molecule has 0 saturated heterocycles. The number of hydrogen-bond donors (Lipinski definition) is 3. The van der Waals surface area contributed by atoms with Crippen molar-refractivity contribution in [3.05, 3.63) is 46.3 Å². The summed E-state index contributed by atoms with van der Waals surface area (Å²) in [7, 11) is 0. The molecule has 0 aliphatic heterocycles. The predicted octanol–water partition coefficient (Wildman–Crippen LogP) is 2.98. The first-order valence-electron chi connectivity index (χ1n) is 6.68. The Bertz CT molecular complexity index is 729. The molecule has 0 saturated carbocycles. The molecule has 0 spiro atoms. The molecule has 0 aliphatic carbocycles. The summed E-state index contributed by atoms with van der Waals surface area (Å²) in [6.07, 6.45) is 0. The number of nitrogen functional groups attached to an aromatic ring is 1. The summed E-state index contributed by atoms with van der Waals surface area (Å²) in [5.74, 6) is -0.336. The van der Waals surface area contributed by atoms with Gasteiger partial charge in [0.25, 0.3) is 5.91 Å². The van der Waals surface area contributed by atoms with Crippen LogP contribution in [0.5, 0.6) is 0 Å². The SMILES string of the molecule is CC(=O)c1c(C)[nH]c(C(=O)Nc2cc(N)ccc2C)c1C. The largest absolute Gasteiger partial charge is 0.399 e. The number of aromatic amines is 1. The molecule has 1 amide bonds. The Balaban J connectivity index is 2.35. The normalized spacial score (nSPS) is 10.5. The van der Waals surface area contributed by atoms with E-state index in [1.807, 2.05) is 13.0 Å². The Kier molecular flexibility index (Phi) is 3.84. The lowest BCUT2D eigenvalue weighted by Gasteiger charge is -2.09. The van der Waals surface area contributed by atoms with Gasteiger partial charge in [-0.05, 0) is 51.0 Å². The van der Waals surface area contributed by atoms with Gasteiger partial charge in [0.2, 0.25) is 0 Å². The van der Waals surface area contributed by atoms with Gasteiger partial charge in [0.05, 0.1) is 0 Å². The van der Waals surface area contributed by atoms with Crippen molar-refractivity contribution in [2.45, 2.75) is 27.7 Å². The quantitative estimate of drug-likeness (QED) is 0.598. The summed E-state index contributed by atoms with van der Waals surface area (Å²) in [6.45, 7) is 6.93. The molecule has 0 aliphatic rings. The number of hydrogen-bond acceptors (Lipinski definition) is 3. The van der Waals surface area contributed by atoms with E-state index in [2.05, 4.69) is 10.3 Å². The third-order valence-corrected chi connectivity index (χ3v) is 3.53. The van der Waals surface area contributed by atoms with Gasteiger partial charge in [-0.2, -0.15) is 0 Å². The van der Waals surface area contributed by atoms with E-state index in [1.165, 1.54) is 6.92 Å². The standard InChI is InChI=1S/C16H19N3O2/c1-8-5-6-12(17)7-13(8)19-16(21)15-9(2)14(11(4)20)10(3)18-15/h5-7,18H,17H2,1-4H3,(H,19,21). The van der Waals surface area contributed by atoms with Crippen LogP contribution in [0.3, 0.4) is 0 Å². The summed E-state index contributed by atoms with van der Waals surface area (Å²) in [5, 5.41) is 2.83. The molecule has 1 aromatic heterocycles. The highest BCUT2D eigenvalue weighted by molar-refractivity contribution is 6.08. The van der Waals surface area contributed by atoms with Crippen molar-refractivity contribution in [3.8, 4) is 0 Å². The van der Waals surface area contributed by atoms with Gasteiger partial charge < -0.3 is 16.0 Å². The van der Waals surface area contributed by atoms with Gasteiger partial charge in [-0.15, -0.1) is 0 Å². The summed E-state index contributed by atoms with van der Waals surface area (Å²) in [6, 6.07) is 5.34. The molecule has 0 unspecified atom stereocenters. The van der Waals surface area contributed by atoms with E-state index >= 15 is 0 Å². The van der Waals surface area contributed by atoms with E-state index in [9.17, 15) is 9.59 Å². The molecule has 110 valence electrons. The van der Waals surface area contributed by atoms with Gasteiger partial charge in [-0.1, -0.05) is 6.07 Å². The van der Waals surface area contributed by atoms with Gasteiger partial charge in [0.15, 0.2) is 5.78 Å². The maximum absolute atomic E-state index is 12.4. The van der Waals surface area contributed by atoms with Gasteiger partial charge in [-0.3, -0.25) is 9.59 Å². The molecule has 5 nitrogen and oxygen atoms in total. The number of nitrogens with one attached hydrogen (secondary N) is 2. The van der Waals surface area contributed by atoms with Crippen molar-refractivity contribution in [3.63, 3.8) is 0 Å². The number of aryl methyl sites for hydroxylation is 2. The number of aromatic nitrogens is 1. The number of carbonyl (C=O) groups excluding carboxylic acids is 2.